The Morgan fingerprint density at radius 1 is 1.00 bits per heavy atom. The summed E-state index contributed by atoms with van der Waals surface area (Å²) in [6, 6.07) is 15.6. The minimum atomic E-state index is -0.351. The summed E-state index contributed by atoms with van der Waals surface area (Å²) in [5.74, 6) is -0.172. The highest BCUT2D eigenvalue weighted by atomic mass is 35.5. The first kappa shape index (κ1) is 25.2. The van der Waals surface area contributed by atoms with Crippen molar-refractivity contribution in [3.05, 3.63) is 88.2 Å². The second kappa shape index (κ2) is 10.9. The molecule has 1 amide bonds. The van der Waals surface area contributed by atoms with Crippen molar-refractivity contribution in [2.45, 2.75) is 24.8 Å². The number of benzene rings is 2. The van der Waals surface area contributed by atoms with Crippen molar-refractivity contribution in [2.75, 3.05) is 31.1 Å². The molecule has 2 aromatic carbocycles. The van der Waals surface area contributed by atoms with Crippen LogP contribution < -0.4 is 4.90 Å². The Bertz CT molecular complexity index is 1400. The summed E-state index contributed by atoms with van der Waals surface area (Å²) in [7, 11) is 0. The molecule has 8 nitrogen and oxygen atoms in total. The van der Waals surface area contributed by atoms with Crippen molar-refractivity contribution in [1.29, 1.82) is 0 Å². The minimum absolute atomic E-state index is 0.191. The summed E-state index contributed by atoms with van der Waals surface area (Å²) >= 11 is 7.77. The van der Waals surface area contributed by atoms with Gasteiger partial charge in [-0.3, -0.25) is 4.79 Å². The van der Waals surface area contributed by atoms with E-state index in [0.29, 0.717) is 53.5 Å². The molecule has 1 saturated heterocycles. The number of aromatic nitrogens is 5. The number of piperazine rings is 1. The number of carbonyl (C=O) groups is 1. The third-order valence-electron chi connectivity index (χ3n) is 6.10. The third-order valence-corrected chi connectivity index (χ3v) is 7.27. The molecule has 0 radical (unpaired) electrons. The molecule has 0 bridgehead atoms. The number of anilines is 1. The molecule has 0 aliphatic carbocycles. The Labute approximate surface area is 223 Å². The van der Waals surface area contributed by atoms with Crippen molar-refractivity contribution in [3.8, 4) is 5.69 Å². The Morgan fingerprint density at radius 3 is 2.35 bits per heavy atom. The van der Waals surface area contributed by atoms with Crippen LogP contribution in [0.25, 0.3) is 5.69 Å². The lowest BCUT2D eigenvalue weighted by Gasteiger charge is -2.36. The number of halogens is 2. The molecule has 1 aliphatic heterocycles. The summed E-state index contributed by atoms with van der Waals surface area (Å²) in [5, 5.41) is 9.84. The maximum absolute atomic E-state index is 13.6. The van der Waals surface area contributed by atoms with Gasteiger partial charge in [0.1, 0.15) is 5.82 Å². The fourth-order valence-electron chi connectivity index (χ4n) is 4.29. The lowest BCUT2D eigenvalue weighted by molar-refractivity contribution is 0.0740. The molecule has 4 aromatic rings. The molecule has 2 aromatic heterocycles. The number of amides is 1. The van der Waals surface area contributed by atoms with Crippen LogP contribution in [0.15, 0.2) is 59.8 Å². The van der Waals surface area contributed by atoms with Gasteiger partial charge in [0, 0.05) is 43.3 Å². The van der Waals surface area contributed by atoms with E-state index in [1.807, 2.05) is 44.2 Å². The molecule has 0 unspecified atom stereocenters. The molecular weight excluding hydrogens is 513 g/mol. The van der Waals surface area contributed by atoms with Crippen LogP contribution in [-0.2, 0) is 5.75 Å². The van der Waals surface area contributed by atoms with Crippen molar-refractivity contribution in [3.63, 3.8) is 0 Å². The largest absolute Gasteiger partial charge is 0.367 e. The van der Waals surface area contributed by atoms with Crippen LogP contribution in [0.2, 0.25) is 5.02 Å². The third kappa shape index (κ3) is 5.60. The molecule has 0 spiro atoms. The number of hydrogen-bond donors (Lipinski definition) is 0. The first-order chi connectivity index (χ1) is 17.9. The first-order valence-electron chi connectivity index (χ1n) is 11.8. The van der Waals surface area contributed by atoms with Crippen LogP contribution in [0.3, 0.4) is 0 Å². The van der Waals surface area contributed by atoms with Gasteiger partial charge in [-0.2, -0.15) is 0 Å². The SMILES string of the molecule is Cc1cc(C)nc(SCc2c(C(=O)N3CCN(c4ccccc4Cl)CC3)nnn2-c2ccc(F)cc2)n1. The van der Waals surface area contributed by atoms with E-state index in [2.05, 4.69) is 25.2 Å². The minimum Gasteiger partial charge on any atom is -0.367 e. The predicted molar refractivity (Wildman–Crippen MR) is 142 cm³/mol. The van der Waals surface area contributed by atoms with Crippen LogP contribution in [0, 0.1) is 19.7 Å². The van der Waals surface area contributed by atoms with Crippen molar-refractivity contribution < 1.29 is 9.18 Å². The standard InChI is InChI=1S/C26H25ClFN7OS/c1-17-15-18(2)30-26(29-17)37-16-23-24(31-32-35(23)20-9-7-19(28)8-10-20)25(36)34-13-11-33(12-14-34)22-6-4-3-5-21(22)27/h3-10,15H,11-14,16H2,1-2H3. The average molecular weight is 538 g/mol. The van der Waals surface area contributed by atoms with Crippen LogP contribution in [0.1, 0.15) is 27.6 Å². The van der Waals surface area contributed by atoms with E-state index < -0.39 is 0 Å². The zero-order chi connectivity index (χ0) is 25.9. The van der Waals surface area contributed by atoms with Gasteiger partial charge in [-0.1, -0.05) is 40.7 Å². The maximum atomic E-state index is 13.6. The summed E-state index contributed by atoms with van der Waals surface area (Å²) in [6.45, 7) is 6.20. The van der Waals surface area contributed by atoms with Gasteiger partial charge in [0.05, 0.1) is 22.1 Å². The van der Waals surface area contributed by atoms with Crippen molar-refractivity contribution in [1.82, 2.24) is 29.9 Å². The molecule has 5 rings (SSSR count). The second-order valence-corrected chi connectivity index (χ2v) is 10.1. The molecule has 3 heterocycles. The highest BCUT2D eigenvalue weighted by Crippen LogP contribution is 2.28. The molecule has 0 N–H and O–H groups in total. The maximum Gasteiger partial charge on any atom is 0.276 e. The van der Waals surface area contributed by atoms with Gasteiger partial charge >= 0.3 is 0 Å². The summed E-state index contributed by atoms with van der Waals surface area (Å²) in [4.78, 5) is 26.6. The second-order valence-electron chi connectivity index (χ2n) is 8.73. The smallest absolute Gasteiger partial charge is 0.276 e. The fraction of sp³-hybridized carbons (Fsp3) is 0.269. The number of rotatable bonds is 6. The molecule has 11 heteroatoms. The number of carbonyl (C=O) groups excluding carboxylic acids is 1. The topological polar surface area (TPSA) is 80.0 Å². The van der Waals surface area contributed by atoms with Crippen molar-refractivity contribution in [2.24, 2.45) is 0 Å². The fourth-order valence-corrected chi connectivity index (χ4v) is 5.48. The average Bonchev–Trinajstić information content (AvgIpc) is 3.31. The van der Waals surface area contributed by atoms with Crippen LogP contribution in [0.4, 0.5) is 10.1 Å². The Hall–Kier alpha value is -3.50. The van der Waals surface area contributed by atoms with E-state index in [9.17, 15) is 9.18 Å². The highest BCUT2D eigenvalue weighted by Gasteiger charge is 2.29. The van der Waals surface area contributed by atoms with E-state index in [-0.39, 0.29) is 17.4 Å². The molecule has 1 aliphatic rings. The van der Waals surface area contributed by atoms with E-state index in [1.165, 1.54) is 23.9 Å². The monoisotopic (exact) mass is 537 g/mol. The zero-order valence-electron chi connectivity index (χ0n) is 20.4. The molecule has 37 heavy (non-hydrogen) atoms. The Kier molecular flexibility index (Phi) is 7.38. The number of aryl methyl sites for hydroxylation is 2. The van der Waals surface area contributed by atoms with Gasteiger partial charge in [0.25, 0.3) is 5.91 Å². The van der Waals surface area contributed by atoms with Gasteiger partial charge in [-0.25, -0.2) is 19.0 Å². The molecule has 0 atom stereocenters. The predicted octanol–water partition coefficient (Wildman–Crippen LogP) is 4.72. The van der Waals surface area contributed by atoms with Gasteiger partial charge in [0.2, 0.25) is 0 Å². The van der Waals surface area contributed by atoms with Crippen LogP contribution in [-0.4, -0.2) is 61.9 Å². The number of nitrogens with zero attached hydrogens (tertiary/aromatic N) is 7. The van der Waals surface area contributed by atoms with E-state index in [0.717, 1.165) is 17.1 Å². The first-order valence-corrected chi connectivity index (χ1v) is 13.2. The lowest BCUT2D eigenvalue weighted by atomic mass is 10.2. The van der Waals surface area contributed by atoms with Crippen LogP contribution in [0.5, 0.6) is 0 Å². The summed E-state index contributed by atoms with van der Waals surface area (Å²) < 4.78 is 15.2. The molecule has 190 valence electrons. The van der Waals surface area contributed by atoms with Crippen LogP contribution >= 0.6 is 23.4 Å². The number of para-hydroxylation sites is 1. The molecular formula is C26H25ClFN7OS. The quantitative estimate of drug-likeness (QED) is 0.260. The number of thioether (sulfide) groups is 1. The van der Waals surface area contributed by atoms with E-state index in [4.69, 9.17) is 11.6 Å². The van der Waals surface area contributed by atoms with E-state index >= 15 is 0 Å². The number of hydrogen-bond acceptors (Lipinski definition) is 7. The van der Waals surface area contributed by atoms with Gasteiger partial charge < -0.3 is 9.80 Å². The van der Waals surface area contributed by atoms with Gasteiger partial charge in [-0.05, 0) is 56.3 Å². The zero-order valence-corrected chi connectivity index (χ0v) is 22.0. The summed E-state index contributed by atoms with van der Waals surface area (Å²) in [5.41, 5.74) is 4.20. The normalized spacial score (nSPS) is 13.7. The molecule has 1 fully saturated rings. The molecule has 0 saturated carbocycles. The van der Waals surface area contributed by atoms with Gasteiger partial charge in [0.15, 0.2) is 10.9 Å². The summed E-state index contributed by atoms with van der Waals surface area (Å²) in [6.07, 6.45) is 0. The highest BCUT2D eigenvalue weighted by molar-refractivity contribution is 7.98. The lowest BCUT2D eigenvalue weighted by Crippen LogP contribution is -2.49. The van der Waals surface area contributed by atoms with Crippen molar-refractivity contribution >= 4 is 35.0 Å². The Morgan fingerprint density at radius 2 is 1.68 bits per heavy atom. The van der Waals surface area contributed by atoms with E-state index in [1.54, 1.807) is 21.7 Å². The van der Waals surface area contributed by atoms with Gasteiger partial charge in [-0.15, -0.1) is 5.10 Å². The Balaban J connectivity index is 1.39.